The van der Waals surface area contributed by atoms with E-state index in [2.05, 4.69) is 65.5 Å². The number of pyridine rings is 1. The second-order valence-electron chi connectivity index (χ2n) is 4.45. The molecule has 1 aromatic carbocycles. The van der Waals surface area contributed by atoms with Gasteiger partial charge in [0.15, 0.2) is 0 Å². The monoisotopic (exact) mass is 549 g/mol. The third-order valence-corrected chi connectivity index (χ3v) is 4.62. The van der Waals surface area contributed by atoms with Crippen molar-refractivity contribution in [2.45, 2.75) is 0 Å². The van der Waals surface area contributed by atoms with Gasteiger partial charge in [-0.3, -0.25) is 4.98 Å². The summed E-state index contributed by atoms with van der Waals surface area (Å²) in [5.74, 6) is 0.691. The van der Waals surface area contributed by atoms with Gasteiger partial charge in [-0.1, -0.05) is 6.07 Å². The van der Waals surface area contributed by atoms with Gasteiger partial charge in [0.25, 0.3) is 0 Å². The Morgan fingerprint density at radius 1 is 1.30 bits per heavy atom. The standard InChI is InChI=1S/C14H9I2N5OS/c15-9-5-8(12(22)10(16)6-9)7-18-21-13(19-20-14(21)23)11-3-1-2-4-17-11/h1-7,22H,(H,20,23)/b18-7+. The van der Waals surface area contributed by atoms with Crippen LogP contribution in [0.3, 0.4) is 0 Å². The maximum Gasteiger partial charge on any atom is 0.216 e. The van der Waals surface area contributed by atoms with E-state index in [9.17, 15) is 5.11 Å². The number of hydrogen-bond donors (Lipinski definition) is 2. The van der Waals surface area contributed by atoms with E-state index in [0.29, 0.717) is 21.9 Å². The van der Waals surface area contributed by atoms with Gasteiger partial charge in [0.2, 0.25) is 10.6 Å². The predicted molar refractivity (Wildman–Crippen MR) is 107 cm³/mol. The summed E-state index contributed by atoms with van der Waals surface area (Å²) in [6.45, 7) is 0. The molecule has 0 spiro atoms. The van der Waals surface area contributed by atoms with Crippen LogP contribution in [0.2, 0.25) is 0 Å². The maximum absolute atomic E-state index is 10.1. The molecule has 116 valence electrons. The summed E-state index contributed by atoms with van der Waals surface area (Å²) in [6, 6.07) is 9.23. The molecule has 0 fully saturated rings. The number of aromatic amines is 1. The smallest absolute Gasteiger partial charge is 0.216 e. The number of phenols is 1. The van der Waals surface area contributed by atoms with Gasteiger partial charge >= 0.3 is 0 Å². The molecule has 0 saturated carbocycles. The van der Waals surface area contributed by atoms with Crippen LogP contribution in [-0.4, -0.2) is 31.2 Å². The van der Waals surface area contributed by atoms with Gasteiger partial charge in [-0.05, 0) is 81.7 Å². The molecule has 6 nitrogen and oxygen atoms in total. The quantitative estimate of drug-likeness (QED) is 0.296. The van der Waals surface area contributed by atoms with E-state index in [0.717, 1.165) is 7.14 Å². The summed E-state index contributed by atoms with van der Waals surface area (Å²) in [4.78, 5) is 4.25. The van der Waals surface area contributed by atoms with Crippen molar-refractivity contribution < 1.29 is 5.11 Å². The Hall–Kier alpha value is -1.34. The SMILES string of the molecule is Oc1c(I)cc(I)cc1/C=N/n1c(-c2ccccn2)n[nH]c1=S. The molecule has 0 aliphatic heterocycles. The van der Waals surface area contributed by atoms with E-state index in [-0.39, 0.29) is 5.75 Å². The number of halogens is 2. The zero-order valence-electron chi connectivity index (χ0n) is 11.4. The van der Waals surface area contributed by atoms with Crippen molar-refractivity contribution in [2.24, 2.45) is 5.10 Å². The van der Waals surface area contributed by atoms with Gasteiger partial charge in [-0.15, -0.1) is 0 Å². The minimum atomic E-state index is 0.184. The fourth-order valence-corrected chi connectivity index (χ4v) is 3.93. The summed E-state index contributed by atoms with van der Waals surface area (Å²) < 4.78 is 3.59. The van der Waals surface area contributed by atoms with Gasteiger partial charge in [0.1, 0.15) is 11.4 Å². The van der Waals surface area contributed by atoms with Crippen LogP contribution in [0.1, 0.15) is 5.56 Å². The van der Waals surface area contributed by atoms with Crippen LogP contribution >= 0.6 is 57.4 Å². The fourth-order valence-electron chi connectivity index (χ4n) is 1.86. The van der Waals surface area contributed by atoms with Gasteiger partial charge in [0, 0.05) is 15.3 Å². The average molecular weight is 549 g/mol. The van der Waals surface area contributed by atoms with E-state index < -0.39 is 0 Å². The number of nitrogens with zero attached hydrogens (tertiary/aromatic N) is 4. The number of rotatable bonds is 3. The molecule has 23 heavy (non-hydrogen) atoms. The summed E-state index contributed by atoms with van der Waals surface area (Å²) in [5, 5.41) is 21.3. The second-order valence-corrected chi connectivity index (χ2v) is 7.24. The average Bonchev–Trinajstić information content (AvgIpc) is 2.91. The fraction of sp³-hybridized carbons (Fsp3) is 0. The number of hydrogen-bond acceptors (Lipinski definition) is 5. The lowest BCUT2D eigenvalue weighted by atomic mass is 10.2. The number of benzene rings is 1. The minimum absolute atomic E-state index is 0.184. The first-order valence-electron chi connectivity index (χ1n) is 6.37. The third-order valence-electron chi connectivity index (χ3n) is 2.91. The Kier molecular flexibility index (Phi) is 5.06. The Labute approximate surface area is 163 Å². The molecule has 0 radical (unpaired) electrons. The highest BCUT2D eigenvalue weighted by atomic mass is 127. The van der Waals surface area contributed by atoms with Gasteiger partial charge < -0.3 is 5.11 Å². The lowest BCUT2D eigenvalue weighted by Gasteiger charge is -2.03. The topological polar surface area (TPSA) is 79.1 Å². The Morgan fingerprint density at radius 2 is 2.13 bits per heavy atom. The van der Waals surface area contributed by atoms with Crippen LogP contribution in [0.25, 0.3) is 11.5 Å². The Bertz CT molecular complexity index is 936. The van der Waals surface area contributed by atoms with Crippen molar-refractivity contribution in [3.63, 3.8) is 0 Å². The molecule has 2 aromatic heterocycles. The molecule has 0 saturated heterocycles. The lowest BCUT2D eigenvalue weighted by Crippen LogP contribution is -1.97. The molecular weight excluding hydrogens is 540 g/mol. The predicted octanol–water partition coefficient (Wildman–Crippen LogP) is 3.80. The van der Waals surface area contributed by atoms with Gasteiger partial charge in [-0.2, -0.15) is 14.9 Å². The first-order valence-corrected chi connectivity index (χ1v) is 8.94. The molecule has 0 bridgehead atoms. The molecule has 0 atom stereocenters. The van der Waals surface area contributed by atoms with Crippen LogP contribution in [0, 0.1) is 11.9 Å². The molecule has 2 N–H and O–H groups in total. The van der Waals surface area contributed by atoms with Crippen molar-refractivity contribution in [3.05, 3.63) is 54.0 Å². The van der Waals surface area contributed by atoms with Crippen LogP contribution in [0.15, 0.2) is 41.6 Å². The number of aromatic nitrogens is 4. The van der Waals surface area contributed by atoms with Crippen molar-refractivity contribution in [1.82, 2.24) is 19.9 Å². The molecule has 2 heterocycles. The molecule has 0 amide bonds. The van der Waals surface area contributed by atoms with E-state index in [4.69, 9.17) is 12.2 Å². The van der Waals surface area contributed by atoms with E-state index >= 15 is 0 Å². The summed E-state index contributed by atoms with van der Waals surface area (Å²) in [5.41, 5.74) is 1.26. The first-order chi connectivity index (χ1) is 11.1. The molecule has 0 aliphatic carbocycles. The van der Waals surface area contributed by atoms with E-state index in [1.54, 1.807) is 12.4 Å². The van der Waals surface area contributed by atoms with Gasteiger partial charge in [-0.25, -0.2) is 5.10 Å². The number of aromatic hydroxyl groups is 1. The Morgan fingerprint density at radius 3 is 2.87 bits per heavy atom. The third kappa shape index (κ3) is 3.61. The molecule has 3 aromatic rings. The molecule has 9 heteroatoms. The Balaban J connectivity index is 2.05. The summed E-state index contributed by atoms with van der Waals surface area (Å²) in [6.07, 6.45) is 3.23. The van der Waals surface area contributed by atoms with Crippen molar-refractivity contribution in [2.75, 3.05) is 0 Å². The first kappa shape index (κ1) is 16.5. The van der Waals surface area contributed by atoms with Crippen LogP contribution in [0.4, 0.5) is 0 Å². The summed E-state index contributed by atoms with van der Waals surface area (Å²) in [7, 11) is 0. The minimum Gasteiger partial charge on any atom is -0.506 e. The van der Waals surface area contributed by atoms with E-state index in [1.165, 1.54) is 4.68 Å². The highest BCUT2D eigenvalue weighted by molar-refractivity contribution is 14.1. The van der Waals surface area contributed by atoms with Crippen LogP contribution in [-0.2, 0) is 0 Å². The lowest BCUT2D eigenvalue weighted by molar-refractivity contribution is 0.470. The summed E-state index contributed by atoms with van der Waals surface area (Å²) >= 11 is 9.48. The zero-order chi connectivity index (χ0) is 16.4. The number of phenolic OH excluding ortho intramolecular Hbond substituents is 1. The van der Waals surface area contributed by atoms with Crippen LogP contribution in [0.5, 0.6) is 5.75 Å². The normalized spacial score (nSPS) is 11.2. The highest BCUT2D eigenvalue weighted by Crippen LogP contribution is 2.26. The maximum atomic E-state index is 10.1. The number of H-pyrrole nitrogens is 1. The van der Waals surface area contributed by atoms with Crippen LogP contribution < -0.4 is 0 Å². The zero-order valence-corrected chi connectivity index (χ0v) is 16.6. The molecule has 0 aliphatic rings. The van der Waals surface area contributed by atoms with E-state index in [1.807, 2.05) is 30.3 Å². The molecular formula is C14H9I2N5OS. The molecule has 3 rings (SSSR count). The second kappa shape index (κ2) is 7.05. The highest BCUT2D eigenvalue weighted by Gasteiger charge is 2.10. The number of nitrogens with one attached hydrogen (secondary N) is 1. The van der Waals surface area contributed by atoms with Crippen molar-refractivity contribution >= 4 is 63.6 Å². The van der Waals surface area contributed by atoms with Gasteiger partial charge in [0.05, 0.1) is 9.78 Å². The largest absolute Gasteiger partial charge is 0.506 e. The molecule has 0 unspecified atom stereocenters. The van der Waals surface area contributed by atoms with Crippen molar-refractivity contribution in [3.8, 4) is 17.3 Å². The van der Waals surface area contributed by atoms with Crippen molar-refractivity contribution in [1.29, 1.82) is 0 Å².